The molecule has 2 heterocycles. The molecule has 0 aromatic heterocycles. The molecule has 0 spiro atoms. The molecule has 5 nitrogen and oxygen atoms in total. The number of ether oxygens (including phenoxy) is 2. The number of hydrogen-bond donors (Lipinski definition) is 1. The molecular weight excluding hydrogens is 280 g/mol. The van der Waals surface area contributed by atoms with Crippen molar-refractivity contribution in [3.63, 3.8) is 0 Å². The van der Waals surface area contributed by atoms with E-state index in [9.17, 15) is 4.79 Å². The molecule has 3 rings (SSSR count). The SMILES string of the molecule is COc1ccc(CN2C(=O)CC[C@H]3CNCC[C@H]32)cc1OC. The van der Waals surface area contributed by atoms with Crippen molar-refractivity contribution in [3.05, 3.63) is 23.8 Å². The Labute approximate surface area is 131 Å². The van der Waals surface area contributed by atoms with Crippen molar-refractivity contribution in [1.29, 1.82) is 0 Å². The number of amides is 1. The zero-order chi connectivity index (χ0) is 15.5. The van der Waals surface area contributed by atoms with Crippen molar-refractivity contribution in [2.24, 2.45) is 5.92 Å². The summed E-state index contributed by atoms with van der Waals surface area (Å²) in [5.74, 6) is 2.30. The van der Waals surface area contributed by atoms with E-state index in [1.165, 1.54) is 0 Å². The summed E-state index contributed by atoms with van der Waals surface area (Å²) in [4.78, 5) is 14.4. The summed E-state index contributed by atoms with van der Waals surface area (Å²) in [5, 5.41) is 3.44. The molecular formula is C17H24N2O3. The van der Waals surface area contributed by atoms with Gasteiger partial charge in [-0.05, 0) is 49.5 Å². The van der Waals surface area contributed by atoms with Crippen molar-refractivity contribution in [2.75, 3.05) is 27.3 Å². The van der Waals surface area contributed by atoms with E-state index >= 15 is 0 Å². The second-order valence-electron chi connectivity index (χ2n) is 6.07. The van der Waals surface area contributed by atoms with Gasteiger partial charge in [-0.15, -0.1) is 0 Å². The molecule has 0 unspecified atom stereocenters. The van der Waals surface area contributed by atoms with Crippen LogP contribution in [0.5, 0.6) is 11.5 Å². The first-order valence-corrected chi connectivity index (χ1v) is 7.94. The number of carbonyl (C=O) groups excluding carboxylic acids is 1. The van der Waals surface area contributed by atoms with Crippen LogP contribution in [-0.2, 0) is 11.3 Å². The van der Waals surface area contributed by atoms with Crippen LogP contribution in [0, 0.1) is 5.92 Å². The minimum absolute atomic E-state index is 0.276. The Hall–Kier alpha value is -1.75. The number of hydrogen-bond acceptors (Lipinski definition) is 4. The zero-order valence-corrected chi connectivity index (χ0v) is 13.3. The van der Waals surface area contributed by atoms with Crippen molar-refractivity contribution >= 4 is 5.91 Å². The summed E-state index contributed by atoms with van der Waals surface area (Å²) >= 11 is 0. The summed E-state index contributed by atoms with van der Waals surface area (Å²) in [7, 11) is 3.27. The van der Waals surface area contributed by atoms with Crippen LogP contribution in [0.2, 0.25) is 0 Å². The van der Waals surface area contributed by atoms with Crippen molar-refractivity contribution < 1.29 is 14.3 Å². The molecule has 0 aliphatic carbocycles. The van der Waals surface area contributed by atoms with Gasteiger partial charge >= 0.3 is 0 Å². The molecule has 1 aromatic rings. The fourth-order valence-electron chi connectivity index (χ4n) is 3.63. The highest BCUT2D eigenvalue weighted by atomic mass is 16.5. The molecule has 2 saturated heterocycles. The molecule has 2 aliphatic rings. The molecule has 22 heavy (non-hydrogen) atoms. The predicted octanol–water partition coefficient (Wildman–Crippen LogP) is 1.80. The molecule has 1 N–H and O–H groups in total. The number of likely N-dealkylation sites (tertiary alicyclic amines) is 1. The monoisotopic (exact) mass is 304 g/mol. The molecule has 2 fully saturated rings. The van der Waals surface area contributed by atoms with E-state index in [1.807, 2.05) is 18.2 Å². The molecule has 120 valence electrons. The standard InChI is InChI=1S/C17H24N2O3/c1-21-15-5-3-12(9-16(15)22-2)11-19-14-7-8-18-10-13(14)4-6-17(19)20/h3,5,9,13-14,18H,4,6-8,10-11H2,1-2H3/t13-,14+/m0/s1. The van der Waals surface area contributed by atoms with Gasteiger partial charge in [0.2, 0.25) is 5.91 Å². The van der Waals surface area contributed by atoms with E-state index in [0.717, 1.165) is 37.2 Å². The second-order valence-corrected chi connectivity index (χ2v) is 6.07. The number of nitrogens with one attached hydrogen (secondary N) is 1. The molecule has 2 atom stereocenters. The first-order valence-electron chi connectivity index (χ1n) is 7.94. The topological polar surface area (TPSA) is 50.8 Å². The van der Waals surface area contributed by atoms with E-state index < -0.39 is 0 Å². The summed E-state index contributed by atoms with van der Waals surface area (Å²) in [5.41, 5.74) is 1.09. The zero-order valence-electron chi connectivity index (χ0n) is 13.3. The maximum absolute atomic E-state index is 12.4. The third-order valence-corrected chi connectivity index (χ3v) is 4.82. The summed E-state index contributed by atoms with van der Waals surface area (Å²) < 4.78 is 10.6. The van der Waals surface area contributed by atoms with Crippen molar-refractivity contribution in [2.45, 2.75) is 31.8 Å². The highest BCUT2D eigenvalue weighted by Gasteiger charge is 2.36. The van der Waals surface area contributed by atoms with Crippen LogP contribution in [0.4, 0.5) is 0 Å². The lowest BCUT2D eigenvalue weighted by molar-refractivity contribution is -0.140. The van der Waals surface area contributed by atoms with Gasteiger partial charge in [-0.1, -0.05) is 6.07 Å². The third-order valence-electron chi connectivity index (χ3n) is 4.82. The lowest BCUT2D eigenvalue weighted by Crippen LogP contribution is -2.54. The van der Waals surface area contributed by atoms with Crippen molar-refractivity contribution in [3.8, 4) is 11.5 Å². The molecule has 2 aliphatic heterocycles. The first kappa shape index (κ1) is 15.2. The summed E-state index contributed by atoms with van der Waals surface area (Å²) in [6.07, 6.45) is 2.72. The lowest BCUT2D eigenvalue weighted by atomic mass is 9.84. The smallest absolute Gasteiger partial charge is 0.223 e. The van der Waals surface area contributed by atoms with E-state index in [4.69, 9.17) is 9.47 Å². The highest BCUT2D eigenvalue weighted by Crippen LogP contribution is 2.32. The van der Waals surface area contributed by atoms with Crippen molar-refractivity contribution in [1.82, 2.24) is 10.2 Å². The van der Waals surface area contributed by atoms with Gasteiger partial charge in [-0.2, -0.15) is 0 Å². The number of benzene rings is 1. The summed E-state index contributed by atoms with van der Waals surface area (Å²) in [6, 6.07) is 6.26. The number of piperidine rings is 2. The van der Waals surface area contributed by atoms with Gasteiger partial charge in [0.05, 0.1) is 14.2 Å². The average Bonchev–Trinajstić information content (AvgIpc) is 2.57. The average molecular weight is 304 g/mol. The number of nitrogens with zero attached hydrogens (tertiary/aromatic N) is 1. The summed E-state index contributed by atoms with van der Waals surface area (Å²) in [6.45, 7) is 2.68. The fourth-order valence-corrected chi connectivity index (χ4v) is 3.63. The van der Waals surface area contributed by atoms with E-state index in [2.05, 4.69) is 10.2 Å². The van der Waals surface area contributed by atoms with Gasteiger partial charge in [0, 0.05) is 19.0 Å². The molecule has 1 aromatic carbocycles. The van der Waals surface area contributed by atoms with Gasteiger partial charge < -0.3 is 19.7 Å². The Morgan fingerprint density at radius 1 is 1.23 bits per heavy atom. The van der Waals surface area contributed by atoms with E-state index in [1.54, 1.807) is 14.2 Å². The van der Waals surface area contributed by atoms with Gasteiger partial charge in [-0.3, -0.25) is 4.79 Å². The van der Waals surface area contributed by atoms with Crippen LogP contribution in [-0.4, -0.2) is 44.2 Å². The minimum Gasteiger partial charge on any atom is -0.493 e. The number of methoxy groups -OCH3 is 2. The second kappa shape index (κ2) is 6.57. The molecule has 1 amide bonds. The molecule has 0 radical (unpaired) electrons. The Bertz CT molecular complexity index is 547. The Morgan fingerprint density at radius 2 is 2.05 bits per heavy atom. The van der Waals surface area contributed by atoms with Gasteiger partial charge in [-0.25, -0.2) is 0 Å². The van der Waals surface area contributed by atoms with E-state index in [0.29, 0.717) is 30.7 Å². The first-order chi connectivity index (χ1) is 10.7. The van der Waals surface area contributed by atoms with Crippen LogP contribution in [0.3, 0.4) is 0 Å². The Balaban J connectivity index is 1.79. The molecule has 0 saturated carbocycles. The predicted molar refractivity (Wildman–Crippen MR) is 84.1 cm³/mol. The van der Waals surface area contributed by atoms with Gasteiger partial charge in [0.25, 0.3) is 0 Å². The maximum atomic E-state index is 12.4. The Kier molecular flexibility index (Phi) is 4.52. The number of carbonyl (C=O) groups is 1. The molecule has 5 heteroatoms. The van der Waals surface area contributed by atoms with Crippen LogP contribution in [0.25, 0.3) is 0 Å². The van der Waals surface area contributed by atoms with Crippen LogP contribution in [0.1, 0.15) is 24.8 Å². The highest BCUT2D eigenvalue weighted by molar-refractivity contribution is 5.77. The maximum Gasteiger partial charge on any atom is 0.223 e. The Morgan fingerprint density at radius 3 is 2.82 bits per heavy atom. The fraction of sp³-hybridized carbons (Fsp3) is 0.588. The van der Waals surface area contributed by atoms with Gasteiger partial charge in [0.1, 0.15) is 0 Å². The number of rotatable bonds is 4. The number of fused-ring (bicyclic) bond motifs is 1. The van der Waals surface area contributed by atoms with Crippen LogP contribution >= 0.6 is 0 Å². The van der Waals surface area contributed by atoms with Crippen LogP contribution < -0.4 is 14.8 Å². The van der Waals surface area contributed by atoms with Crippen LogP contribution in [0.15, 0.2) is 18.2 Å². The third kappa shape index (κ3) is 2.90. The van der Waals surface area contributed by atoms with Gasteiger partial charge in [0.15, 0.2) is 11.5 Å². The molecule has 0 bridgehead atoms. The quantitative estimate of drug-likeness (QED) is 0.921. The normalized spacial score (nSPS) is 24.8. The van der Waals surface area contributed by atoms with E-state index in [-0.39, 0.29) is 5.91 Å². The lowest BCUT2D eigenvalue weighted by Gasteiger charge is -2.44. The minimum atomic E-state index is 0.276. The largest absolute Gasteiger partial charge is 0.493 e.